The van der Waals surface area contributed by atoms with E-state index in [0.717, 1.165) is 13.1 Å². The number of rotatable bonds is 5. The highest BCUT2D eigenvalue weighted by atomic mass is 15.2. The zero-order chi connectivity index (χ0) is 12.8. The van der Waals surface area contributed by atoms with Gasteiger partial charge in [-0.2, -0.15) is 0 Å². The number of amidine groups is 1. The number of hydrogen-bond acceptors (Lipinski definition) is 1. The molecule has 0 aliphatic carbocycles. The topological polar surface area (TPSA) is 15.6 Å². The molecule has 16 heavy (non-hydrogen) atoms. The summed E-state index contributed by atoms with van der Waals surface area (Å²) >= 11 is 0. The van der Waals surface area contributed by atoms with E-state index in [9.17, 15) is 0 Å². The van der Waals surface area contributed by atoms with Gasteiger partial charge in [-0.3, -0.25) is 4.99 Å². The Hall–Kier alpha value is -0.530. The second kappa shape index (κ2) is 6.93. The van der Waals surface area contributed by atoms with E-state index in [2.05, 4.69) is 51.4 Å². The fourth-order valence-electron chi connectivity index (χ4n) is 2.02. The molecule has 2 heteroatoms. The van der Waals surface area contributed by atoms with Gasteiger partial charge in [0, 0.05) is 25.6 Å². The first-order valence-corrected chi connectivity index (χ1v) is 6.55. The smallest absolute Gasteiger partial charge is 0.104 e. The van der Waals surface area contributed by atoms with Crippen LogP contribution in [0.4, 0.5) is 0 Å². The Morgan fingerprint density at radius 3 is 2.12 bits per heavy atom. The lowest BCUT2D eigenvalue weighted by Gasteiger charge is -2.34. The number of aliphatic imine (C=N–C) groups is 1. The van der Waals surface area contributed by atoms with Gasteiger partial charge in [0.15, 0.2) is 0 Å². The van der Waals surface area contributed by atoms with Crippen molar-refractivity contribution in [2.45, 2.75) is 54.4 Å². The van der Waals surface area contributed by atoms with E-state index in [1.54, 1.807) is 0 Å². The van der Waals surface area contributed by atoms with Gasteiger partial charge in [0.1, 0.15) is 5.84 Å². The summed E-state index contributed by atoms with van der Waals surface area (Å²) in [6, 6.07) is 0. The van der Waals surface area contributed by atoms with E-state index in [1.165, 1.54) is 18.7 Å². The molecule has 0 unspecified atom stereocenters. The largest absolute Gasteiger partial charge is 0.360 e. The van der Waals surface area contributed by atoms with Crippen LogP contribution >= 0.6 is 0 Å². The normalized spacial score (nSPS) is 13.4. The highest BCUT2D eigenvalue weighted by Crippen LogP contribution is 2.20. The van der Waals surface area contributed by atoms with E-state index in [-0.39, 0.29) is 5.41 Å². The Balaban J connectivity index is 4.71. The first kappa shape index (κ1) is 15.5. The van der Waals surface area contributed by atoms with Crippen LogP contribution in [0.25, 0.3) is 0 Å². The van der Waals surface area contributed by atoms with Crippen molar-refractivity contribution in [1.29, 1.82) is 0 Å². The highest BCUT2D eigenvalue weighted by molar-refractivity contribution is 5.87. The standard InChI is InChI=1S/C14H30N2/c1-8-9-10-16(11-12(2)3)13(15-7)14(4,5)6/h12H,8-11H2,1-7H3. The molecule has 0 saturated heterocycles. The fourth-order valence-corrected chi connectivity index (χ4v) is 2.02. The lowest BCUT2D eigenvalue weighted by atomic mass is 9.93. The first-order chi connectivity index (χ1) is 7.32. The maximum absolute atomic E-state index is 4.51. The number of unbranched alkanes of at least 4 members (excludes halogenated alkanes) is 1. The molecule has 0 bridgehead atoms. The average Bonchev–Trinajstić information content (AvgIpc) is 2.11. The Morgan fingerprint density at radius 1 is 1.25 bits per heavy atom. The lowest BCUT2D eigenvalue weighted by molar-refractivity contribution is 0.325. The summed E-state index contributed by atoms with van der Waals surface area (Å²) in [6.45, 7) is 15.8. The zero-order valence-electron chi connectivity index (χ0n) is 12.3. The average molecular weight is 226 g/mol. The van der Waals surface area contributed by atoms with E-state index in [4.69, 9.17) is 0 Å². The van der Waals surface area contributed by atoms with Crippen LogP contribution < -0.4 is 0 Å². The van der Waals surface area contributed by atoms with E-state index >= 15 is 0 Å². The summed E-state index contributed by atoms with van der Waals surface area (Å²) in [7, 11) is 1.92. The minimum absolute atomic E-state index is 0.150. The molecule has 0 N–H and O–H groups in total. The molecule has 2 nitrogen and oxygen atoms in total. The van der Waals surface area contributed by atoms with Gasteiger partial charge in [-0.05, 0) is 12.3 Å². The van der Waals surface area contributed by atoms with Gasteiger partial charge in [0.2, 0.25) is 0 Å². The van der Waals surface area contributed by atoms with Gasteiger partial charge in [0.05, 0.1) is 0 Å². The van der Waals surface area contributed by atoms with Gasteiger partial charge in [-0.15, -0.1) is 0 Å². The molecule has 96 valence electrons. The minimum atomic E-state index is 0.150. The molecule has 0 saturated carbocycles. The van der Waals surface area contributed by atoms with Gasteiger partial charge < -0.3 is 4.90 Å². The third-order valence-corrected chi connectivity index (χ3v) is 2.55. The molecular formula is C14H30N2. The Bertz CT molecular complexity index is 211. The second-order valence-electron chi connectivity index (χ2n) is 5.99. The molecule has 0 aromatic heterocycles. The predicted molar refractivity (Wildman–Crippen MR) is 74.1 cm³/mol. The molecule has 0 aromatic rings. The zero-order valence-corrected chi connectivity index (χ0v) is 12.3. The monoisotopic (exact) mass is 226 g/mol. The molecule has 0 heterocycles. The minimum Gasteiger partial charge on any atom is -0.360 e. The van der Waals surface area contributed by atoms with E-state index in [1.807, 2.05) is 7.05 Å². The van der Waals surface area contributed by atoms with Gasteiger partial charge in [-0.1, -0.05) is 48.0 Å². The molecule has 0 aliphatic rings. The van der Waals surface area contributed by atoms with Crippen LogP contribution in [0.1, 0.15) is 54.4 Å². The highest BCUT2D eigenvalue weighted by Gasteiger charge is 2.24. The molecular weight excluding hydrogens is 196 g/mol. The van der Waals surface area contributed by atoms with Crippen LogP contribution in [0.15, 0.2) is 4.99 Å². The second-order valence-corrected chi connectivity index (χ2v) is 5.99. The van der Waals surface area contributed by atoms with Gasteiger partial charge in [0.25, 0.3) is 0 Å². The summed E-state index contributed by atoms with van der Waals surface area (Å²) in [4.78, 5) is 6.97. The third-order valence-electron chi connectivity index (χ3n) is 2.55. The molecule has 0 fully saturated rings. The third kappa shape index (κ3) is 5.53. The molecule has 0 amide bonds. The van der Waals surface area contributed by atoms with E-state index in [0.29, 0.717) is 5.92 Å². The Labute approximate surface area is 102 Å². The molecule has 0 aliphatic heterocycles. The van der Waals surface area contributed by atoms with Crippen LogP contribution in [0, 0.1) is 11.3 Å². The molecule has 0 rings (SSSR count). The van der Waals surface area contributed by atoms with Crippen molar-refractivity contribution in [1.82, 2.24) is 4.90 Å². The van der Waals surface area contributed by atoms with Crippen molar-refractivity contribution in [3.8, 4) is 0 Å². The van der Waals surface area contributed by atoms with Crippen molar-refractivity contribution in [3.63, 3.8) is 0 Å². The van der Waals surface area contributed by atoms with Crippen LogP contribution in [0.2, 0.25) is 0 Å². The quantitative estimate of drug-likeness (QED) is 0.514. The molecule has 0 spiro atoms. The van der Waals surface area contributed by atoms with Crippen molar-refractivity contribution >= 4 is 5.84 Å². The molecule has 0 radical (unpaired) electrons. The number of nitrogens with zero attached hydrogens (tertiary/aromatic N) is 2. The Kier molecular flexibility index (Phi) is 6.70. The van der Waals surface area contributed by atoms with Crippen LogP contribution in [0.5, 0.6) is 0 Å². The van der Waals surface area contributed by atoms with Gasteiger partial charge in [-0.25, -0.2) is 0 Å². The summed E-state index contributed by atoms with van der Waals surface area (Å²) in [5, 5.41) is 0. The van der Waals surface area contributed by atoms with E-state index < -0.39 is 0 Å². The molecule has 0 atom stereocenters. The summed E-state index contributed by atoms with van der Waals surface area (Å²) in [5.41, 5.74) is 0.150. The van der Waals surface area contributed by atoms with Crippen LogP contribution in [0.3, 0.4) is 0 Å². The first-order valence-electron chi connectivity index (χ1n) is 6.55. The summed E-state index contributed by atoms with van der Waals surface area (Å²) in [5.74, 6) is 1.94. The van der Waals surface area contributed by atoms with Crippen LogP contribution in [-0.4, -0.2) is 30.9 Å². The molecule has 0 aromatic carbocycles. The predicted octanol–water partition coefficient (Wildman–Crippen LogP) is 3.82. The maximum Gasteiger partial charge on any atom is 0.104 e. The van der Waals surface area contributed by atoms with Crippen molar-refractivity contribution < 1.29 is 0 Å². The van der Waals surface area contributed by atoms with Crippen LogP contribution in [-0.2, 0) is 0 Å². The van der Waals surface area contributed by atoms with Crippen molar-refractivity contribution in [2.75, 3.05) is 20.1 Å². The number of hydrogen-bond donors (Lipinski definition) is 0. The Morgan fingerprint density at radius 2 is 1.81 bits per heavy atom. The van der Waals surface area contributed by atoms with Crippen molar-refractivity contribution in [2.24, 2.45) is 16.3 Å². The van der Waals surface area contributed by atoms with Crippen molar-refractivity contribution in [3.05, 3.63) is 0 Å². The summed E-state index contributed by atoms with van der Waals surface area (Å²) < 4.78 is 0. The summed E-state index contributed by atoms with van der Waals surface area (Å²) in [6.07, 6.45) is 2.50. The van der Waals surface area contributed by atoms with Gasteiger partial charge >= 0.3 is 0 Å². The SMILES string of the molecule is CCCCN(CC(C)C)C(=NC)C(C)(C)C. The maximum atomic E-state index is 4.51. The fraction of sp³-hybridized carbons (Fsp3) is 0.929. The lowest BCUT2D eigenvalue weighted by Crippen LogP contribution is -2.42.